The van der Waals surface area contributed by atoms with Crippen LogP contribution in [0.1, 0.15) is 16.7 Å². The van der Waals surface area contributed by atoms with Crippen LogP contribution < -0.4 is 10.7 Å². The molecular weight excluding hydrogens is 278 g/mol. The fraction of sp³-hybridized carbons (Fsp3) is 0.176. The van der Waals surface area contributed by atoms with Crippen LogP contribution in [0.25, 0.3) is 0 Å². The van der Waals surface area contributed by atoms with Gasteiger partial charge in [-0.05, 0) is 43.7 Å². The van der Waals surface area contributed by atoms with E-state index < -0.39 is 0 Å². The number of hydrogen-bond donors (Lipinski definition) is 3. The maximum Gasteiger partial charge on any atom is 0.259 e. The number of carbonyl (C=O) groups is 1. The van der Waals surface area contributed by atoms with Gasteiger partial charge in [-0.2, -0.15) is 5.10 Å². The molecule has 0 unspecified atom stereocenters. The van der Waals surface area contributed by atoms with Gasteiger partial charge in [-0.15, -0.1) is 0 Å². The lowest BCUT2D eigenvalue weighted by Gasteiger charge is -2.05. The predicted molar refractivity (Wildman–Crippen MR) is 88.2 cm³/mol. The fourth-order valence-electron chi connectivity index (χ4n) is 1.83. The summed E-state index contributed by atoms with van der Waals surface area (Å²) in [6.07, 6.45) is 1.42. The van der Waals surface area contributed by atoms with Crippen LogP contribution in [0.3, 0.4) is 0 Å². The van der Waals surface area contributed by atoms with Crippen LogP contribution in [0.4, 0.5) is 5.69 Å². The Morgan fingerprint density at radius 2 is 1.82 bits per heavy atom. The van der Waals surface area contributed by atoms with Gasteiger partial charge >= 0.3 is 0 Å². The quantitative estimate of drug-likeness (QED) is 0.586. The van der Waals surface area contributed by atoms with Gasteiger partial charge < -0.3 is 10.4 Å². The van der Waals surface area contributed by atoms with Crippen LogP contribution in [-0.2, 0) is 4.79 Å². The number of hydrogen-bond acceptors (Lipinski definition) is 4. The number of rotatable bonds is 5. The lowest BCUT2D eigenvalue weighted by Crippen LogP contribution is -2.25. The van der Waals surface area contributed by atoms with E-state index in [0.717, 1.165) is 16.8 Å². The van der Waals surface area contributed by atoms with Crippen molar-refractivity contribution < 1.29 is 9.90 Å². The molecule has 0 fully saturated rings. The largest absolute Gasteiger partial charge is 0.507 e. The first-order chi connectivity index (χ1) is 10.5. The summed E-state index contributed by atoms with van der Waals surface area (Å²) in [6, 6.07) is 13.0. The monoisotopic (exact) mass is 297 g/mol. The molecule has 0 aliphatic carbocycles. The van der Waals surface area contributed by atoms with Gasteiger partial charge in [0.1, 0.15) is 5.75 Å². The van der Waals surface area contributed by atoms with E-state index in [4.69, 9.17) is 0 Å². The van der Waals surface area contributed by atoms with E-state index in [0.29, 0.717) is 5.56 Å². The lowest BCUT2D eigenvalue weighted by atomic mass is 10.1. The highest BCUT2D eigenvalue weighted by Crippen LogP contribution is 2.16. The Bertz CT molecular complexity index is 679. The van der Waals surface area contributed by atoms with Crippen molar-refractivity contribution in [3.8, 4) is 5.75 Å². The Labute approximate surface area is 129 Å². The van der Waals surface area contributed by atoms with Crippen LogP contribution in [0.5, 0.6) is 5.75 Å². The van der Waals surface area contributed by atoms with Crippen molar-refractivity contribution in [3.05, 3.63) is 59.2 Å². The number of aromatic hydroxyl groups is 1. The zero-order valence-corrected chi connectivity index (χ0v) is 12.6. The van der Waals surface area contributed by atoms with Gasteiger partial charge in [0.25, 0.3) is 5.91 Å². The van der Waals surface area contributed by atoms with Crippen molar-refractivity contribution in [3.63, 3.8) is 0 Å². The number of phenols is 1. The predicted octanol–water partition coefficient (Wildman–Crippen LogP) is 2.57. The number of nitrogens with zero attached hydrogens (tertiary/aromatic N) is 1. The number of anilines is 1. The molecule has 0 heterocycles. The van der Waals surface area contributed by atoms with E-state index in [9.17, 15) is 9.90 Å². The summed E-state index contributed by atoms with van der Waals surface area (Å²) in [4.78, 5) is 11.7. The third kappa shape index (κ3) is 4.63. The van der Waals surface area contributed by atoms with Crippen molar-refractivity contribution in [1.29, 1.82) is 0 Å². The topological polar surface area (TPSA) is 73.7 Å². The van der Waals surface area contributed by atoms with Gasteiger partial charge in [0.2, 0.25) is 0 Å². The zero-order chi connectivity index (χ0) is 15.9. The smallest absolute Gasteiger partial charge is 0.259 e. The highest BCUT2D eigenvalue weighted by molar-refractivity contribution is 5.86. The Kier molecular flexibility index (Phi) is 5.14. The molecular formula is C17H19N3O2. The molecule has 5 heteroatoms. The average molecular weight is 297 g/mol. The third-order valence-corrected chi connectivity index (χ3v) is 3.08. The molecule has 0 aromatic heterocycles. The van der Waals surface area contributed by atoms with Crippen LogP contribution >= 0.6 is 0 Å². The number of nitrogens with one attached hydrogen (secondary N) is 2. The van der Waals surface area contributed by atoms with Crippen molar-refractivity contribution in [2.75, 3.05) is 11.9 Å². The van der Waals surface area contributed by atoms with Crippen LogP contribution in [0, 0.1) is 13.8 Å². The number of aryl methyl sites for hydroxylation is 2. The molecule has 0 aliphatic rings. The molecule has 1 amide bonds. The minimum atomic E-state index is -0.261. The molecule has 0 aliphatic heterocycles. The summed E-state index contributed by atoms with van der Waals surface area (Å²) in [6.45, 7) is 4.02. The van der Waals surface area contributed by atoms with Crippen LogP contribution in [0.2, 0.25) is 0 Å². The first-order valence-corrected chi connectivity index (χ1v) is 6.96. The molecule has 0 atom stereocenters. The number of carbonyl (C=O) groups excluding carboxylic acids is 1. The minimum Gasteiger partial charge on any atom is -0.507 e. The summed E-state index contributed by atoms with van der Waals surface area (Å²) in [5.41, 5.74) is 5.96. The molecule has 114 valence electrons. The molecule has 2 aromatic carbocycles. The van der Waals surface area contributed by atoms with Crippen molar-refractivity contribution in [1.82, 2.24) is 5.43 Å². The summed E-state index contributed by atoms with van der Waals surface area (Å²) < 4.78 is 0. The van der Waals surface area contributed by atoms with Crippen molar-refractivity contribution >= 4 is 17.8 Å². The number of hydrazone groups is 1. The average Bonchev–Trinajstić information content (AvgIpc) is 2.49. The minimum absolute atomic E-state index is 0.125. The Hall–Kier alpha value is -2.82. The van der Waals surface area contributed by atoms with E-state index in [-0.39, 0.29) is 18.2 Å². The second kappa shape index (κ2) is 7.26. The van der Waals surface area contributed by atoms with Crippen molar-refractivity contribution in [2.24, 2.45) is 5.10 Å². The number of amides is 1. The molecule has 2 aromatic rings. The normalized spacial score (nSPS) is 10.6. The third-order valence-electron chi connectivity index (χ3n) is 3.08. The first kappa shape index (κ1) is 15.6. The van der Waals surface area contributed by atoms with E-state index in [1.165, 1.54) is 6.21 Å². The second-order valence-electron chi connectivity index (χ2n) is 5.08. The first-order valence-electron chi connectivity index (χ1n) is 6.96. The molecule has 5 nitrogen and oxygen atoms in total. The Morgan fingerprint density at radius 3 is 2.50 bits per heavy atom. The summed E-state index contributed by atoms with van der Waals surface area (Å²) in [5, 5.41) is 16.6. The molecule has 0 radical (unpaired) electrons. The lowest BCUT2D eigenvalue weighted by molar-refractivity contribution is -0.119. The van der Waals surface area contributed by atoms with E-state index in [1.54, 1.807) is 12.1 Å². The van der Waals surface area contributed by atoms with Crippen molar-refractivity contribution in [2.45, 2.75) is 13.8 Å². The van der Waals surface area contributed by atoms with Gasteiger partial charge in [-0.25, -0.2) is 5.43 Å². The Morgan fingerprint density at radius 1 is 1.14 bits per heavy atom. The van der Waals surface area contributed by atoms with Gasteiger partial charge in [0.15, 0.2) is 0 Å². The van der Waals surface area contributed by atoms with E-state index in [2.05, 4.69) is 15.8 Å². The SMILES string of the molecule is Cc1ccc(NCC(=O)N/N=C\c2ccc(C)cc2O)cc1. The standard InChI is InChI=1S/C17H19N3O2/c1-12-4-7-15(8-5-12)18-11-17(22)20-19-10-14-6-3-13(2)9-16(14)21/h3-10,18,21H,11H2,1-2H3,(H,20,22)/b19-10-. The molecule has 22 heavy (non-hydrogen) atoms. The highest BCUT2D eigenvalue weighted by atomic mass is 16.3. The van der Waals surface area contributed by atoms with Crippen LogP contribution in [0.15, 0.2) is 47.6 Å². The number of benzene rings is 2. The van der Waals surface area contributed by atoms with Gasteiger partial charge in [0.05, 0.1) is 12.8 Å². The Balaban J connectivity index is 1.82. The van der Waals surface area contributed by atoms with Crippen LogP contribution in [-0.4, -0.2) is 23.8 Å². The summed E-state index contributed by atoms with van der Waals surface area (Å²) in [7, 11) is 0. The van der Waals surface area contributed by atoms with Gasteiger partial charge in [-0.3, -0.25) is 4.79 Å². The summed E-state index contributed by atoms with van der Waals surface area (Å²) in [5.74, 6) is -0.126. The molecule has 0 spiro atoms. The maximum absolute atomic E-state index is 11.7. The van der Waals surface area contributed by atoms with Gasteiger partial charge in [-0.1, -0.05) is 23.8 Å². The molecule has 0 bridgehead atoms. The maximum atomic E-state index is 11.7. The second-order valence-corrected chi connectivity index (χ2v) is 5.08. The molecule has 2 rings (SSSR count). The molecule has 3 N–H and O–H groups in total. The zero-order valence-electron chi connectivity index (χ0n) is 12.6. The number of phenolic OH excluding ortho intramolecular Hbond substituents is 1. The molecule has 0 saturated heterocycles. The fourth-order valence-corrected chi connectivity index (χ4v) is 1.83. The summed E-state index contributed by atoms with van der Waals surface area (Å²) >= 11 is 0. The highest BCUT2D eigenvalue weighted by Gasteiger charge is 2.00. The van der Waals surface area contributed by atoms with E-state index >= 15 is 0 Å². The van der Waals surface area contributed by atoms with Gasteiger partial charge in [0, 0.05) is 11.3 Å². The van der Waals surface area contributed by atoms with E-state index in [1.807, 2.05) is 44.2 Å². The molecule has 0 saturated carbocycles.